The van der Waals surface area contributed by atoms with Crippen molar-refractivity contribution in [2.75, 3.05) is 24.3 Å². The van der Waals surface area contributed by atoms with E-state index in [1.54, 1.807) is 24.4 Å². The molecule has 0 fully saturated rings. The normalized spacial score (nSPS) is 10.5. The number of phenolic OH excluding ortho intramolecular Hbond substituents is 1. The summed E-state index contributed by atoms with van der Waals surface area (Å²) in [6.45, 7) is 0. The standard InChI is InChI=1S/C18H17N3O2/c1-21(2)14-7-6-12-8-9-19-17(16(12)11-14)18(23)20-13-4-3-5-15(22)10-13/h3-11,22H,1-2H3,(H,20,23). The van der Waals surface area contributed by atoms with Crippen molar-refractivity contribution in [1.82, 2.24) is 4.98 Å². The van der Waals surface area contributed by atoms with Crippen molar-refractivity contribution in [3.05, 3.63) is 60.4 Å². The number of aromatic hydroxyl groups is 1. The van der Waals surface area contributed by atoms with Crippen molar-refractivity contribution in [1.29, 1.82) is 0 Å². The number of phenols is 1. The minimum Gasteiger partial charge on any atom is -0.508 e. The molecule has 116 valence electrons. The molecule has 1 amide bonds. The lowest BCUT2D eigenvalue weighted by atomic mass is 10.1. The summed E-state index contributed by atoms with van der Waals surface area (Å²) >= 11 is 0. The van der Waals surface area contributed by atoms with E-state index in [2.05, 4.69) is 10.3 Å². The van der Waals surface area contributed by atoms with Crippen LogP contribution in [-0.2, 0) is 0 Å². The summed E-state index contributed by atoms with van der Waals surface area (Å²) in [5, 5.41) is 14.0. The van der Waals surface area contributed by atoms with E-state index < -0.39 is 0 Å². The molecule has 23 heavy (non-hydrogen) atoms. The SMILES string of the molecule is CN(C)c1ccc2ccnc(C(=O)Nc3cccc(O)c3)c2c1. The topological polar surface area (TPSA) is 65.5 Å². The minimum atomic E-state index is -0.308. The molecule has 0 spiro atoms. The summed E-state index contributed by atoms with van der Waals surface area (Å²) in [6, 6.07) is 14.2. The summed E-state index contributed by atoms with van der Waals surface area (Å²) in [5.74, 6) is -0.208. The van der Waals surface area contributed by atoms with Gasteiger partial charge in [0.2, 0.25) is 0 Å². The maximum Gasteiger partial charge on any atom is 0.274 e. The first-order valence-corrected chi connectivity index (χ1v) is 7.21. The van der Waals surface area contributed by atoms with Crippen LogP contribution in [0.15, 0.2) is 54.7 Å². The Bertz CT molecular complexity index is 875. The van der Waals surface area contributed by atoms with Crippen molar-refractivity contribution in [2.24, 2.45) is 0 Å². The quantitative estimate of drug-likeness (QED) is 0.779. The Morgan fingerprint density at radius 3 is 2.70 bits per heavy atom. The summed E-state index contributed by atoms with van der Waals surface area (Å²) < 4.78 is 0. The van der Waals surface area contributed by atoms with Gasteiger partial charge in [-0.2, -0.15) is 0 Å². The highest BCUT2D eigenvalue weighted by molar-refractivity contribution is 6.11. The van der Waals surface area contributed by atoms with Crippen LogP contribution in [0, 0.1) is 0 Å². The Hall–Kier alpha value is -3.08. The second-order valence-corrected chi connectivity index (χ2v) is 5.46. The van der Waals surface area contributed by atoms with Crippen molar-refractivity contribution < 1.29 is 9.90 Å². The molecule has 5 nitrogen and oxygen atoms in total. The molecular weight excluding hydrogens is 290 g/mol. The van der Waals surface area contributed by atoms with E-state index in [4.69, 9.17) is 0 Å². The number of aromatic nitrogens is 1. The van der Waals surface area contributed by atoms with Crippen LogP contribution in [0.25, 0.3) is 10.8 Å². The number of amides is 1. The molecule has 0 radical (unpaired) electrons. The number of pyridine rings is 1. The molecule has 0 atom stereocenters. The fourth-order valence-electron chi connectivity index (χ4n) is 2.39. The van der Waals surface area contributed by atoms with E-state index in [0.29, 0.717) is 11.4 Å². The van der Waals surface area contributed by atoms with Gasteiger partial charge in [0.05, 0.1) is 0 Å². The number of carbonyl (C=O) groups excluding carboxylic acids is 1. The predicted molar refractivity (Wildman–Crippen MR) is 92.1 cm³/mol. The second-order valence-electron chi connectivity index (χ2n) is 5.46. The lowest BCUT2D eigenvalue weighted by molar-refractivity contribution is 0.102. The molecule has 0 aliphatic carbocycles. The minimum absolute atomic E-state index is 0.101. The Labute approximate surface area is 134 Å². The highest BCUT2D eigenvalue weighted by atomic mass is 16.3. The molecule has 3 rings (SSSR count). The molecule has 0 bridgehead atoms. The molecule has 3 aromatic rings. The van der Waals surface area contributed by atoms with E-state index in [-0.39, 0.29) is 11.7 Å². The van der Waals surface area contributed by atoms with Crippen molar-refractivity contribution in [2.45, 2.75) is 0 Å². The maximum atomic E-state index is 12.6. The molecule has 0 unspecified atom stereocenters. The highest BCUT2D eigenvalue weighted by Crippen LogP contribution is 2.24. The lowest BCUT2D eigenvalue weighted by Crippen LogP contribution is -2.14. The number of anilines is 2. The molecular formula is C18H17N3O2. The van der Waals surface area contributed by atoms with Gasteiger partial charge in [-0.15, -0.1) is 0 Å². The average molecular weight is 307 g/mol. The van der Waals surface area contributed by atoms with Gasteiger partial charge in [-0.25, -0.2) is 0 Å². The van der Waals surface area contributed by atoms with Crippen LogP contribution in [0.5, 0.6) is 5.75 Å². The number of nitrogens with zero attached hydrogens (tertiary/aromatic N) is 2. The van der Waals surface area contributed by atoms with Crippen LogP contribution in [0.4, 0.5) is 11.4 Å². The maximum absolute atomic E-state index is 12.6. The van der Waals surface area contributed by atoms with Crippen molar-refractivity contribution in [3.8, 4) is 5.75 Å². The van der Waals surface area contributed by atoms with Crippen LogP contribution in [-0.4, -0.2) is 30.1 Å². The van der Waals surface area contributed by atoms with E-state index in [1.807, 2.05) is 43.3 Å². The van der Waals surface area contributed by atoms with Gasteiger partial charge in [-0.05, 0) is 35.7 Å². The van der Waals surface area contributed by atoms with E-state index in [1.165, 1.54) is 6.07 Å². The molecule has 2 aromatic carbocycles. The largest absolute Gasteiger partial charge is 0.508 e. The highest BCUT2D eigenvalue weighted by Gasteiger charge is 2.13. The fourth-order valence-corrected chi connectivity index (χ4v) is 2.39. The molecule has 1 aromatic heterocycles. The predicted octanol–water partition coefficient (Wildman–Crippen LogP) is 3.26. The molecule has 2 N–H and O–H groups in total. The number of nitrogens with one attached hydrogen (secondary N) is 1. The first-order chi connectivity index (χ1) is 11.0. The smallest absolute Gasteiger partial charge is 0.274 e. The van der Waals surface area contributed by atoms with Gasteiger partial charge in [0, 0.05) is 43.1 Å². The van der Waals surface area contributed by atoms with Crippen molar-refractivity contribution in [3.63, 3.8) is 0 Å². The fraction of sp³-hybridized carbons (Fsp3) is 0.111. The van der Waals surface area contributed by atoms with Crippen LogP contribution in [0.2, 0.25) is 0 Å². The first kappa shape index (κ1) is 14.8. The van der Waals surface area contributed by atoms with Gasteiger partial charge in [0.1, 0.15) is 11.4 Å². The Balaban J connectivity index is 2.01. The summed E-state index contributed by atoms with van der Waals surface area (Å²) in [4.78, 5) is 18.8. The Kier molecular flexibility index (Phi) is 3.85. The zero-order chi connectivity index (χ0) is 16.4. The van der Waals surface area contributed by atoms with Gasteiger partial charge < -0.3 is 15.3 Å². The van der Waals surface area contributed by atoms with Crippen LogP contribution in [0.1, 0.15) is 10.5 Å². The number of rotatable bonds is 3. The molecule has 0 saturated carbocycles. The van der Waals surface area contributed by atoms with Crippen LogP contribution >= 0.6 is 0 Å². The molecule has 1 heterocycles. The van der Waals surface area contributed by atoms with Gasteiger partial charge in [0.25, 0.3) is 5.91 Å². The van der Waals surface area contributed by atoms with E-state index >= 15 is 0 Å². The van der Waals surface area contributed by atoms with Crippen LogP contribution < -0.4 is 10.2 Å². The third-order valence-corrected chi connectivity index (χ3v) is 3.59. The first-order valence-electron chi connectivity index (χ1n) is 7.21. The summed E-state index contributed by atoms with van der Waals surface area (Å²) in [6.07, 6.45) is 1.62. The number of fused-ring (bicyclic) bond motifs is 1. The number of hydrogen-bond donors (Lipinski definition) is 2. The number of benzene rings is 2. The van der Waals surface area contributed by atoms with E-state index in [0.717, 1.165) is 16.5 Å². The third-order valence-electron chi connectivity index (χ3n) is 3.59. The van der Waals surface area contributed by atoms with Crippen molar-refractivity contribution >= 4 is 28.1 Å². The van der Waals surface area contributed by atoms with Gasteiger partial charge >= 0.3 is 0 Å². The second kappa shape index (κ2) is 5.96. The average Bonchev–Trinajstić information content (AvgIpc) is 2.53. The van der Waals surface area contributed by atoms with Gasteiger partial charge in [0.15, 0.2) is 0 Å². The molecule has 0 saturated heterocycles. The van der Waals surface area contributed by atoms with Gasteiger partial charge in [-0.1, -0.05) is 12.1 Å². The monoisotopic (exact) mass is 307 g/mol. The molecule has 0 aliphatic heterocycles. The molecule has 5 heteroatoms. The Morgan fingerprint density at radius 2 is 1.96 bits per heavy atom. The van der Waals surface area contributed by atoms with Crippen LogP contribution in [0.3, 0.4) is 0 Å². The number of carbonyl (C=O) groups is 1. The van der Waals surface area contributed by atoms with Gasteiger partial charge in [-0.3, -0.25) is 9.78 Å². The zero-order valence-electron chi connectivity index (χ0n) is 12.9. The molecule has 0 aliphatic rings. The third kappa shape index (κ3) is 3.08. The summed E-state index contributed by atoms with van der Waals surface area (Å²) in [5.41, 5.74) is 1.88. The number of hydrogen-bond acceptors (Lipinski definition) is 4. The lowest BCUT2D eigenvalue weighted by Gasteiger charge is -2.14. The van der Waals surface area contributed by atoms with E-state index in [9.17, 15) is 9.90 Å². The Morgan fingerprint density at radius 1 is 1.13 bits per heavy atom. The summed E-state index contributed by atoms with van der Waals surface area (Å²) in [7, 11) is 3.90. The zero-order valence-corrected chi connectivity index (χ0v) is 12.9.